The van der Waals surface area contributed by atoms with Crippen molar-refractivity contribution in [2.45, 2.75) is 50.6 Å². The van der Waals surface area contributed by atoms with Crippen molar-refractivity contribution in [2.75, 3.05) is 11.9 Å². The topological polar surface area (TPSA) is 24.1 Å². The molecule has 1 aromatic carbocycles. The van der Waals surface area contributed by atoms with E-state index in [-0.39, 0.29) is 0 Å². The molecule has 1 saturated carbocycles. The van der Waals surface area contributed by atoms with Gasteiger partial charge in [-0.05, 0) is 66.2 Å². The number of anilines is 1. The highest BCUT2D eigenvalue weighted by Crippen LogP contribution is 2.35. The average Bonchev–Trinajstić information content (AvgIpc) is 2.91. The van der Waals surface area contributed by atoms with Crippen LogP contribution in [0.1, 0.15) is 38.5 Å². The molecular weight excluding hydrogens is 300 g/mol. The summed E-state index contributed by atoms with van der Waals surface area (Å²) in [5, 5.41) is 7.51. The maximum absolute atomic E-state index is 3.77. The van der Waals surface area contributed by atoms with Crippen LogP contribution in [0.5, 0.6) is 0 Å². The molecule has 104 valence electrons. The van der Waals surface area contributed by atoms with Gasteiger partial charge in [0.2, 0.25) is 0 Å². The molecule has 2 fully saturated rings. The van der Waals surface area contributed by atoms with E-state index in [0.717, 1.165) is 12.0 Å². The Morgan fingerprint density at radius 3 is 2.74 bits per heavy atom. The molecule has 0 bridgehead atoms. The van der Waals surface area contributed by atoms with E-state index in [1.165, 1.54) is 55.2 Å². The fourth-order valence-electron chi connectivity index (χ4n) is 3.67. The number of halogens is 1. The van der Waals surface area contributed by atoms with Crippen LogP contribution in [0.4, 0.5) is 5.69 Å². The SMILES string of the molecule is Brc1ccccc1NC1CCCC1C1CCCCN1. The van der Waals surface area contributed by atoms with Crippen molar-refractivity contribution in [1.82, 2.24) is 5.32 Å². The second-order valence-corrected chi connectivity index (χ2v) is 6.74. The summed E-state index contributed by atoms with van der Waals surface area (Å²) in [6.07, 6.45) is 8.16. The zero-order valence-electron chi connectivity index (χ0n) is 11.4. The summed E-state index contributed by atoms with van der Waals surface area (Å²) in [5.74, 6) is 0.799. The third-order valence-electron chi connectivity index (χ3n) is 4.65. The summed E-state index contributed by atoms with van der Waals surface area (Å²) < 4.78 is 1.18. The molecule has 1 aliphatic heterocycles. The van der Waals surface area contributed by atoms with Crippen LogP contribution in [-0.2, 0) is 0 Å². The molecule has 0 aromatic heterocycles. The van der Waals surface area contributed by atoms with Gasteiger partial charge in [-0.25, -0.2) is 0 Å². The minimum atomic E-state index is 0.634. The van der Waals surface area contributed by atoms with E-state index < -0.39 is 0 Å². The molecule has 19 heavy (non-hydrogen) atoms. The third-order valence-corrected chi connectivity index (χ3v) is 5.34. The number of para-hydroxylation sites is 1. The van der Waals surface area contributed by atoms with E-state index in [0.29, 0.717) is 6.04 Å². The highest BCUT2D eigenvalue weighted by Gasteiger charge is 2.34. The number of nitrogens with one attached hydrogen (secondary N) is 2. The van der Waals surface area contributed by atoms with Crippen molar-refractivity contribution >= 4 is 21.6 Å². The first-order valence-corrected chi connectivity index (χ1v) is 8.38. The molecule has 2 aliphatic rings. The van der Waals surface area contributed by atoms with Crippen molar-refractivity contribution in [2.24, 2.45) is 5.92 Å². The van der Waals surface area contributed by atoms with Gasteiger partial charge in [-0.2, -0.15) is 0 Å². The predicted octanol–water partition coefficient (Wildman–Crippen LogP) is 4.17. The summed E-state index contributed by atoms with van der Waals surface area (Å²) in [6, 6.07) is 9.84. The van der Waals surface area contributed by atoms with Crippen LogP contribution >= 0.6 is 15.9 Å². The average molecular weight is 323 g/mol. The van der Waals surface area contributed by atoms with Gasteiger partial charge in [0.25, 0.3) is 0 Å². The summed E-state index contributed by atoms with van der Waals surface area (Å²) >= 11 is 3.64. The van der Waals surface area contributed by atoms with Crippen LogP contribution < -0.4 is 10.6 Å². The molecule has 0 amide bonds. The maximum Gasteiger partial charge on any atom is 0.0486 e. The highest BCUT2D eigenvalue weighted by atomic mass is 79.9. The van der Waals surface area contributed by atoms with E-state index >= 15 is 0 Å². The van der Waals surface area contributed by atoms with Crippen molar-refractivity contribution in [1.29, 1.82) is 0 Å². The van der Waals surface area contributed by atoms with Crippen LogP contribution in [0.3, 0.4) is 0 Å². The lowest BCUT2D eigenvalue weighted by molar-refractivity contribution is 0.286. The normalized spacial score (nSPS) is 31.3. The molecule has 2 N–H and O–H groups in total. The Kier molecular flexibility index (Phi) is 4.44. The molecule has 0 radical (unpaired) electrons. The molecule has 3 rings (SSSR count). The lowest BCUT2D eigenvalue weighted by atomic mass is 9.88. The first kappa shape index (κ1) is 13.4. The zero-order chi connectivity index (χ0) is 13.1. The Balaban J connectivity index is 1.67. The second-order valence-electron chi connectivity index (χ2n) is 5.88. The Morgan fingerprint density at radius 1 is 1.05 bits per heavy atom. The van der Waals surface area contributed by atoms with Gasteiger partial charge in [-0.3, -0.25) is 0 Å². The molecule has 3 atom stereocenters. The molecule has 1 aliphatic carbocycles. The van der Waals surface area contributed by atoms with Crippen LogP contribution in [0.2, 0.25) is 0 Å². The van der Waals surface area contributed by atoms with Gasteiger partial charge < -0.3 is 10.6 Å². The number of rotatable bonds is 3. The van der Waals surface area contributed by atoms with Crippen LogP contribution in [-0.4, -0.2) is 18.6 Å². The number of hydrogen-bond acceptors (Lipinski definition) is 2. The van der Waals surface area contributed by atoms with Crippen LogP contribution in [0.25, 0.3) is 0 Å². The number of hydrogen-bond donors (Lipinski definition) is 2. The molecular formula is C16H23BrN2. The monoisotopic (exact) mass is 322 g/mol. The van der Waals surface area contributed by atoms with Crippen molar-refractivity contribution in [3.8, 4) is 0 Å². The number of benzene rings is 1. The van der Waals surface area contributed by atoms with E-state index in [1.54, 1.807) is 0 Å². The standard InChI is InChI=1S/C16H23BrN2/c17-13-7-1-2-9-16(13)19-15-10-5-6-12(15)14-8-3-4-11-18-14/h1-2,7,9,12,14-15,18-19H,3-6,8,10-11H2. The molecule has 1 saturated heterocycles. The number of piperidine rings is 1. The van der Waals surface area contributed by atoms with Crippen LogP contribution in [0.15, 0.2) is 28.7 Å². The smallest absolute Gasteiger partial charge is 0.0486 e. The van der Waals surface area contributed by atoms with E-state index in [4.69, 9.17) is 0 Å². The lowest BCUT2D eigenvalue weighted by Crippen LogP contribution is -2.44. The van der Waals surface area contributed by atoms with Gasteiger partial charge in [-0.15, -0.1) is 0 Å². The fourth-order valence-corrected chi connectivity index (χ4v) is 4.07. The summed E-state index contributed by atoms with van der Waals surface area (Å²) in [5.41, 5.74) is 1.25. The van der Waals surface area contributed by atoms with Crippen LogP contribution in [0, 0.1) is 5.92 Å². The zero-order valence-corrected chi connectivity index (χ0v) is 13.0. The quantitative estimate of drug-likeness (QED) is 0.872. The van der Waals surface area contributed by atoms with Gasteiger partial charge in [0.15, 0.2) is 0 Å². The third kappa shape index (κ3) is 3.14. The van der Waals surface area contributed by atoms with Gasteiger partial charge in [0.1, 0.15) is 0 Å². The minimum absolute atomic E-state index is 0.634. The lowest BCUT2D eigenvalue weighted by Gasteiger charge is -2.33. The van der Waals surface area contributed by atoms with Crippen molar-refractivity contribution in [3.63, 3.8) is 0 Å². The molecule has 1 heterocycles. The summed E-state index contributed by atoms with van der Waals surface area (Å²) in [6.45, 7) is 1.21. The highest BCUT2D eigenvalue weighted by molar-refractivity contribution is 9.10. The molecule has 0 spiro atoms. The largest absolute Gasteiger partial charge is 0.381 e. The van der Waals surface area contributed by atoms with E-state index in [9.17, 15) is 0 Å². The predicted molar refractivity (Wildman–Crippen MR) is 84.5 cm³/mol. The Hall–Kier alpha value is -0.540. The van der Waals surface area contributed by atoms with Gasteiger partial charge in [-0.1, -0.05) is 25.0 Å². The van der Waals surface area contributed by atoms with Gasteiger partial charge >= 0.3 is 0 Å². The Morgan fingerprint density at radius 2 is 1.95 bits per heavy atom. The Bertz CT molecular complexity index is 415. The second kappa shape index (κ2) is 6.27. The first-order chi connectivity index (χ1) is 9.34. The van der Waals surface area contributed by atoms with E-state index in [1.807, 2.05) is 0 Å². The summed E-state index contributed by atoms with van der Waals surface area (Å²) in [4.78, 5) is 0. The maximum atomic E-state index is 3.77. The van der Waals surface area contributed by atoms with Crippen molar-refractivity contribution in [3.05, 3.63) is 28.7 Å². The van der Waals surface area contributed by atoms with E-state index in [2.05, 4.69) is 50.8 Å². The van der Waals surface area contributed by atoms with Gasteiger partial charge in [0, 0.05) is 22.2 Å². The molecule has 3 heteroatoms. The Labute approximate surface area is 124 Å². The fraction of sp³-hybridized carbons (Fsp3) is 0.625. The molecule has 3 unspecified atom stereocenters. The van der Waals surface area contributed by atoms with Crippen molar-refractivity contribution < 1.29 is 0 Å². The molecule has 1 aromatic rings. The van der Waals surface area contributed by atoms with Gasteiger partial charge in [0.05, 0.1) is 0 Å². The summed E-state index contributed by atoms with van der Waals surface area (Å²) in [7, 11) is 0. The first-order valence-electron chi connectivity index (χ1n) is 7.59. The minimum Gasteiger partial charge on any atom is -0.381 e. The molecule has 2 nitrogen and oxygen atoms in total.